The molecule has 0 spiro atoms. The first kappa shape index (κ1) is 18.4. The summed E-state index contributed by atoms with van der Waals surface area (Å²) in [6.45, 7) is 4.77. The first-order chi connectivity index (χ1) is 11.5. The maximum absolute atomic E-state index is 12.2. The van der Waals surface area contributed by atoms with Crippen molar-refractivity contribution in [2.75, 3.05) is 11.9 Å². The average Bonchev–Trinajstić information content (AvgIpc) is 2.53. The van der Waals surface area contributed by atoms with Crippen LogP contribution in [0.4, 0.5) is 5.69 Å². The number of halogens is 1. The summed E-state index contributed by atoms with van der Waals surface area (Å²) in [5, 5.41) is 5.90. The minimum absolute atomic E-state index is 0.223. The Morgan fingerprint density at radius 1 is 1.21 bits per heavy atom. The molecule has 0 aliphatic rings. The summed E-state index contributed by atoms with van der Waals surface area (Å²) < 4.78 is 6.60. The zero-order valence-electron chi connectivity index (χ0n) is 13.5. The molecule has 0 radical (unpaired) electrons. The van der Waals surface area contributed by atoms with Crippen LogP contribution in [-0.2, 0) is 0 Å². The van der Waals surface area contributed by atoms with E-state index in [0.29, 0.717) is 23.8 Å². The number of hydrogen-bond acceptors (Lipinski definition) is 3. The third-order valence-corrected chi connectivity index (χ3v) is 3.72. The van der Waals surface area contributed by atoms with Crippen molar-refractivity contribution < 1.29 is 9.53 Å². The Hall–Kier alpha value is -1.92. The minimum Gasteiger partial charge on any atom is -0.491 e. The molecule has 2 aromatic rings. The molecule has 2 aromatic carbocycles. The highest BCUT2D eigenvalue weighted by Crippen LogP contribution is 2.24. The van der Waals surface area contributed by atoms with Crippen molar-refractivity contribution in [3.8, 4) is 5.75 Å². The van der Waals surface area contributed by atoms with Crippen LogP contribution in [0.1, 0.15) is 24.2 Å². The fraction of sp³-hybridized carbons (Fsp3) is 0.222. The molecule has 6 heteroatoms. The van der Waals surface area contributed by atoms with Gasteiger partial charge in [-0.15, -0.1) is 0 Å². The van der Waals surface area contributed by atoms with Gasteiger partial charge < -0.3 is 10.1 Å². The first-order valence-corrected chi connectivity index (χ1v) is 8.75. The Morgan fingerprint density at radius 3 is 2.67 bits per heavy atom. The number of carbonyl (C=O) groups excluding carboxylic acids is 1. The van der Waals surface area contributed by atoms with Crippen molar-refractivity contribution in [1.29, 1.82) is 0 Å². The largest absolute Gasteiger partial charge is 0.491 e. The Morgan fingerprint density at radius 2 is 1.96 bits per heavy atom. The monoisotopic (exact) mass is 406 g/mol. The average molecular weight is 407 g/mol. The summed E-state index contributed by atoms with van der Waals surface area (Å²) in [6.07, 6.45) is 0. The summed E-state index contributed by atoms with van der Waals surface area (Å²) in [6, 6.07) is 14.6. The molecule has 2 N–H and O–H groups in total. The summed E-state index contributed by atoms with van der Waals surface area (Å²) in [4.78, 5) is 12.2. The molecule has 0 unspecified atom stereocenters. The van der Waals surface area contributed by atoms with Gasteiger partial charge >= 0.3 is 0 Å². The molecule has 126 valence electrons. The predicted molar refractivity (Wildman–Crippen MR) is 105 cm³/mol. The molecule has 0 aromatic heterocycles. The van der Waals surface area contributed by atoms with Gasteiger partial charge in [0.05, 0.1) is 12.3 Å². The summed E-state index contributed by atoms with van der Waals surface area (Å²) in [5.41, 5.74) is 1.25. The van der Waals surface area contributed by atoms with Crippen LogP contribution in [0.2, 0.25) is 0 Å². The maximum atomic E-state index is 12.2. The number of amides is 1. The van der Waals surface area contributed by atoms with E-state index in [2.05, 4.69) is 40.4 Å². The van der Waals surface area contributed by atoms with Gasteiger partial charge in [0, 0.05) is 10.0 Å². The number of anilines is 1. The van der Waals surface area contributed by atoms with Crippen LogP contribution in [0.5, 0.6) is 5.75 Å². The Bertz CT molecular complexity index is 734. The quantitative estimate of drug-likeness (QED) is 0.711. The summed E-state index contributed by atoms with van der Waals surface area (Å²) >= 11 is 8.57. The second kappa shape index (κ2) is 8.80. The highest BCUT2D eigenvalue weighted by molar-refractivity contribution is 9.10. The molecule has 0 saturated heterocycles. The highest BCUT2D eigenvalue weighted by Gasteiger charge is 2.10. The highest BCUT2D eigenvalue weighted by atomic mass is 79.9. The molecule has 2 rings (SSSR count). The Kier molecular flexibility index (Phi) is 6.75. The molecule has 0 aliphatic heterocycles. The second-order valence-corrected chi connectivity index (χ2v) is 6.94. The van der Waals surface area contributed by atoms with Gasteiger partial charge in [-0.1, -0.05) is 48.0 Å². The van der Waals surface area contributed by atoms with Gasteiger partial charge in [-0.25, -0.2) is 0 Å². The molecule has 0 aliphatic carbocycles. The fourth-order valence-electron chi connectivity index (χ4n) is 1.91. The summed E-state index contributed by atoms with van der Waals surface area (Å²) in [7, 11) is 0. The van der Waals surface area contributed by atoms with Crippen LogP contribution < -0.4 is 15.4 Å². The molecule has 0 heterocycles. The van der Waals surface area contributed by atoms with Gasteiger partial charge in [-0.2, -0.15) is 0 Å². The molecule has 0 fully saturated rings. The van der Waals surface area contributed by atoms with Gasteiger partial charge in [0.2, 0.25) is 0 Å². The lowest BCUT2D eigenvalue weighted by molar-refractivity contribution is 0.0977. The van der Waals surface area contributed by atoms with E-state index in [1.807, 2.05) is 30.3 Å². The number of thiocarbonyl (C=S) groups is 1. The van der Waals surface area contributed by atoms with Gasteiger partial charge in [-0.05, 0) is 48.5 Å². The summed E-state index contributed by atoms with van der Waals surface area (Å²) in [5.74, 6) is 0.848. The number of carbonyl (C=O) groups is 1. The van der Waals surface area contributed by atoms with Gasteiger partial charge in [0.15, 0.2) is 5.11 Å². The SMILES string of the molecule is CC(C)COc1ccccc1NC(=S)NC(=O)c1cccc(Br)c1. The first-order valence-electron chi connectivity index (χ1n) is 7.55. The molecular formula is C18H19BrN2O2S. The Balaban J connectivity index is 2.01. The second-order valence-electron chi connectivity index (χ2n) is 5.62. The van der Waals surface area contributed by atoms with E-state index in [1.165, 1.54) is 0 Å². The fourth-order valence-corrected chi connectivity index (χ4v) is 2.51. The van der Waals surface area contributed by atoms with E-state index < -0.39 is 0 Å². The van der Waals surface area contributed by atoms with Crippen LogP contribution in [-0.4, -0.2) is 17.6 Å². The van der Waals surface area contributed by atoms with Crippen LogP contribution in [0.3, 0.4) is 0 Å². The zero-order chi connectivity index (χ0) is 17.5. The maximum Gasteiger partial charge on any atom is 0.257 e. The third kappa shape index (κ3) is 5.62. The number of ether oxygens (including phenoxy) is 1. The van der Waals surface area contributed by atoms with E-state index >= 15 is 0 Å². The van der Waals surface area contributed by atoms with Gasteiger partial charge in [0.1, 0.15) is 5.75 Å². The molecule has 1 amide bonds. The standard InChI is InChI=1S/C18H19BrN2O2S/c1-12(2)11-23-16-9-4-3-8-15(16)20-18(24)21-17(22)13-6-5-7-14(19)10-13/h3-10,12H,11H2,1-2H3,(H2,20,21,22,24). The van der Waals surface area contributed by atoms with Crippen LogP contribution in [0, 0.1) is 5.92 Å². The van der Waals surface area contributed by atoms with Gasteiger partial charge in [-0.3, -0.25) is 10.1 Å². The number of rotatable bonds is 5. The van der Waals surface area contributed by atoms with E-state index in [-0.39, 0.29) is 11.0 Å². The van der Waals surface area contributed by atoms with E-state index in [4.69, 9.17) is 17.0 Å². The van der Waals surface area contributed by atoms with E-state index in [0.717, 1.165) is 10.2 Å². The third-order valence-electron chi connectivity index (χ3n) is 3.02. The number of para-hydroxylation sites is 2. The predicted octanol–water partition coefficient (Wildman–Crippen LogP) is 4.61. The van der Waals surface area contributed by atoms with E-state index in [1.54, 1.807) is 18.2 Å². The van der Waals surface area contributed by atoms with Crippen molar-refractivity contribution >= 4 is 44.9 Å². The molecule has 24 heavy (non-hydrogen) atoms. The molecule has 4 nitrogen and oxygen atoms in total. The lowest BCUT2D eigenvalue weighted by Crippen LogP contribution is -2.34. The topological polar surface area (TPSA) is 50.4 Å². The zero-order valence-corrected chi connectivity index (χ0v) is 15.9. The molecule has 0 saturated carbocycles. The number of nitrogens with one attached hydrogen (secondary N) is 2. The van der Waals surface area contributed by atoms with Crippen molar-refractivity contribution in [2.24, 2.45) is 5.92 Å². The minimum atomic E-state index is -0.269. The molecular weight excluding hydrogens is 388 g/mol. The Labute approximate surface area is 155 Å². The van der Waals surface area contributed by atoms with Crippen molar-refractivity contribution in [3.63, 3.8) is 0 Å². The van der Waals surface area contributed by atoms with E-state index in [9.17, 15) is 4.79 Å². The lowest BCUT2D eigenvalue weighted by Gasteiger charge is -2.15. The molecule has 0 bridgehead atoms. The number of hydrogen-bond donors (Lipinski definition) is 2. The van der Waals surface area contributed by atoms with Crippen LogP contribution >= 0.6 is 28.1 Å². The smallest absolute Gasteiger partial charge is 0.257 e. The van der Waals surface area contributed by atoms with Gasteiger partial charge in [0.25, 0.3) is 5.91 Å². The van der Waals surface area contributed by atoms with Crippen molar-refractivity contribution in [2.45, 2.75) is 13.8 Å². The van der Waals surface area contributed by atoms with Crippen LogP contribution in [0.15, 0.2) is 53.0 Å². The van der Waals surface area contributed by atoms with Crippen molar-refractivity contribution in [1.82, 2.24) is 5.32 Å². The van der Waals surface area contributed by atoms with Crippen LogP contribution in [0.25, 0.3) is 0 Å². The molecule has 0 atom stereocenters. The number of benzene rings is 2. The normalized spacial score (nSPS) is 10.3. The van der Waals surface area contributed by atoms with Crippen molar-refractivity contribution in [3.05, 3.63) is 58.6 Å². The lowest BCUT2D eigenvalue weighted by atomic mass is 10.2.